The van der Waals surface area contributed by atoms with E-state index in [1.165, 1.54) is 11.1 Å². The highest BCUT2D eigenvalue weighted by molar-refractivity contribution is 5.80. The van der Waals surface area contributed by atoms with Crippen molar-refractivity contribution >= 4 is 11.8 Å². The Labute approximate surface area is 188 Å². The van der Waals surface area contributed by atoms with E-state index in [1.807, 2.05) is 4.90 Å². The molecular weight excluding hydrogens is 388 g/mol. The molecule has 2 heterocycles. The molecule has 2 unspecified atom stereocenters. The van der Waals surface area contributed by atoms with Gasteiger partial charge in [-0.1, -0.05) is 37.6 Å². The Kier molecular flexibility index (Phi) is 8.90. The van der Waals surface area contributed by atoms with E-state index in [4.69, 9.17) is 0 Å². The third-order valence-electron chi connectivity index (χ3n) is 6.93. The lowest BCUT2D eigenvalue weighted by Crippen LogP contribution is -2.54. The number of carbonyl (C=O) groups excluding carboxylic acids is 2. The van der Waals surface area contributed by atoms with Crippen LogP contribution in [0.25, 0.3) is 0 Å². The maximum atomic E-state index is 13.0. The smallest absolute Gasteiger partial charge is 0.236 e. The average molecular weight is 429 g/mol. The van der Waals surface area contributed by atoms with Crippen molar-refractivity contribution in [3.63, 3.8) is 0 Å². The summed E-state index contributed by atoms with van der Waals surface area (Å²) in [4.78, 5) is 32.1. The van der Waals surface area contributed by atoms with Crippen LogP contribution < -0.4 is 5.32 Å². The summed E-state index contributed by atoms with van der Waals surface area (Å²) >= 11 is 0. The van der Waals surface area contributed by atoms with Gasteiger partial charge in [-0.15, -0.1) is 0 Å². The SMILES string of the molecule is CCCCNC(=O)C1CCC(C)N(CC(=O)N2CCN(Cc3ccccc3C)CC2)C1. The Morgan fingerprint density at radius 3 is 2.55 bits per heavy atom. The quantitative estimate of drug-likeness (QED) is 0.647. The van der Waals surface area contributed by atoms with Crippen molar-refractivity contribution in [1.82, 2.24) is 20.0 Å². The minimum absolute atomic E-state index is 0.00631. The number of aryl methyl sites for hydroxylation is 1. The molecule has 2 amide bonds. The molecule has 0 spiro atoms. The normalized spacial score (nSPS) is 23.0. The first kappa shape index (κ1) is 23.7. The van der Waals surface area contributed by atoms with Gasteiger partial charge in [0.15, 0.2) is 0 Å². The van der Waals surface area contributed by atoms with Crippen LogP contribution in [0.5, 0.6) is 0 Å². The van der Waals surface area contributed by atoms with Crippen molar-refractivity contribution in [2.24, 2.45) is 5.92 Å². The summed E-state index contributed by atoms with van der Waals surface area (Å²) in [6.45, 7) is 12.7. The topological polar surface area (TPSA) is 55.9 Å². The van der Waals surface area contributed by atoms with Gasteiger partial charge >= 0.3 is 0 Å². The molecule has 2 aliphatic heterocycles. The van der Waals surface area contributed by atoms with Crippen molar-refractivity contribution < 1.29 is 9.59 Å². The monoisotopic (exact) mass is 428 g/mol. The minimum Gasteiger partial charge on any atom is -0.356 e. The van der Waals surface area contributed by atoms with Crippen molar-refractivity contribution in [1.29, 1.82) is 0 Å². The van der Waals surface area contributed by atoms with E-state index >= 15 is 0 Å². The largest absolute Gasteiger partial charge is 0.356 e. The summed E-state index contributed by atoms with van der Waals surface area (Å²) in [6, 6.07) is 8.88. The zero-order chi connectivity index (χ0) is 22.2. The van der Waals surface area contributed by atoms with Gasteiger partial charge in [-0.25, -0.2) is 0 Å². The lowest BCUT2D eigenvalue weighted by molar-refractivity contribution is -0.137. The number of piperidine rings is 1. The third kappa shape index (κ3) is 6.78. The minimum atomic E-state index is 0.00631. The first-order chi connectivity index (χ1) is 15.0. The van der Waals surface area contributed by atoms with Crippen LogP contribution in [-0.2, 0) is 16.1 Å². The van der Waals surface area contributed by atoms with Crippen LogP contribution in [0.1, 0.15) is 50.7 Å². The molecule has 1 aromatic rings. The Morgan fingerprint density at radius 1 is 1.10 bits per heavy atom. The van der Waals surface area contributed by atoms with Gasteiger partial charge in [-0.05, 0) is 44.2 Å². The van der Waals surface area contributed by atoms with Crippen LogP contribution in [0.15, 0.2) is 24.3 Å². The van der Waals surface area contributed by atoms with Gasteiger partial charge in [0, 0.05) is 51.9 Å². The van der Waals surface area contributed by atoms with E-state index in [0.29, 0.717) is 19.1 Å². The van der Waals surface area contributed by atoms with Crippen LogP contribution in [0.4, 0.5) is 0 Å². The molecule has 1 aromatic carbocycles. The molecule has 1 N–H and O–H groups in total. The molecule has 2 saturated heterocycles. The van der Waals surface area contributed by atoms with Crippen molar-refractivity contribution in [2.45, 2.75) is 59.0 Å². The van der Waals surface area contributed by atoms with E-state index < -0.39 is 0 Å². The maximum absolute atomic E-state index is 13.0. The highest BCUT2D eigenvalue weighted by atomic mass is 16.2. The van der Waals surface area contributed by atoms with Gasteiger partial charge in [-0.2, -0.15) is 0 Å². The number of likely N-dealkylation sites (tertiary alicyclic amines) is 1. The molecule has 2 aliphatic rings. The first-order valence-electron chi connectivity index (χ1n) is 12.0. The average Bonchev–Trinajstić information content (AvgIpc) is 2.77. The number of hydrogen-bond acceptors (Lipinski definition) is 4. The van der Waals surface area contributed by atoms with Crippen molar-refractivity contribution in [3.05, 3.63) is 35.4 Å². The standard InChI is InChI=1S/C25H40N4O2/c1-4-5-12-26-25(31)23-11-10-21(3)29(18-23)19-24(30)28-15-13-27(14-16-28)17-22-9-7-6-8-20(22)2/h6-9,21,23H,4-5,10-19H2,1-3H3,(H,26,31). The van der Waals surface area contributed by atoms with Gasteiger partial charge in [0.25, 0.3) is 0 Å². The van der Waals surface area contributed by atoms with Crippen molar-refractivity contribution in [2.75, 3.05) is 45.8 Å². The predicted octanol–water partition coefficient (Wildman–Crippen LogP) is 2.66. The molecule has 2 atom stereocenters. The highest BCUT2D eigenvalue weighted by Gasteiger charge is 2.32. The number of nitrogens with one attached hydrogen (secondary N) is 1. The number of rotatable bonds is 8. The summed E-state index contributed by atoms with van der Waals surface area (Å²) in [5.74, 6) is 0.365. The Bertz CT molecular complexity index is 730. The molecule has 0 radical (unpaired) electrons. The van der Waals surface area contributed by atoms with Gasteiger partial charge in [0.05, 0.1) is 12.5 Å². The first-order valence-corrected chi connectivity index (χ1v) is 12.0. The number of carbonyl (C=O) groups is 2. The number of nitrogens with zero attached hydrogens (tertiary/aromatic N) is 3. The predicted molar refractivity (Wildman–Crippen MR) is 125 cm³/mol. The lowest BCUT2D eigenvalue weighted by atomic mass is 9.92. The van der Waals surface area contributed by atoms with Crippen LogP contribution in [0.2, 0.25) is 0 Å². The Morgan fingerprint density at radius 2 is 1.84 bits per heavy atom. The molecule has 172 valence electrons. The molecular formula is C25H40N4O2. The maximum Gasteiger partial charge on any atom is 0.236 e. The van der Waals surface area contributed by atoms with Crippen LogP contribution in [0.3, 0.4) is 0 Å². The fourth-order valence-corrected chi connectivity index (χ4v) is 4.60. The van der Waals surface area contributed by atoms with Crippen LogP contribution >= 0.6 is 0 Å². The second-order valence-corrected chi connectivity index (χ2v) is 9.28. The third-order valence-corrected chi connectivity index (χ3v) is 6.93. The second kappa shape index (κ2) is 11.6. The molecule has 0 aromatic heterocycles. The summed E-state index contributed by atoms with van der Waals surface area (Å²) < 4.78 is 0. The van der Waals surface area contributed by atoms with Crippen molar-refractivity contribution in [3.8, 4) is 0 Å². The molecule has 31 heavy (non-hydrogen) atoms. The summed E-state index contributed by atoms with van der Waals surface area (Å²) in [5.41, 5.74) is 2.70. The zero-order valence-electron chi connectivity index (χ0n) is 19.6. The number of amides is 2. The molecule has 6 nitrogen and oxygen atoms in total. The van der Waals surface area contributed by atoms with Crippen LogP contribution in [-0.4, -0.2) is 78.4 Å². The fraction of sp³-hybridized carbons (Fsp3) is 0.680. The van der Waals surface area contributed by atoms with Gasteiger partial charge in [0.1, 0.15) is 0 Å². The van der Waals surface area contributed by atoms with Crippen LogP contribution in [0, 0.1) is 12.8 Å². The Balaban J connectivity index is 1.45. The van der Waals surface area contributed by atoms with E-state index in [0.717, 1.165) is 65.0 Å². The summed E-state index contributed by atoms with van der Waals surface area (Å²) in [6.07, 6.45) is 4.00. The molecule has 3 rings (SSSR count). The van der Waals surface area contributed by atoms with E-state index in [2.05, 4.69) is 60.2 Å². The number of benzene rings is 1. The molecule has 0 saturated carbocycles. The highest BCUT2D eigenvalue weighted by Crippen LogP contribution is 2.22. The number of unbranched alkanes of at least 4 members (excludes halogenated alkanes) is 1. The molecule has 0 aliphatic carbocycles. The zero-order valence-corrected chi connectivity index (χ0v) is 19.6. The number of piperazine rings is 1. The summed E-state index contributed by atoms with van der Waals surface area (Å²) in [5, 5.41) is 3.07. The van der Waals surface area contributed by atoms with E-state index in [1.54, 1.807) is 0 Å². The second-order valence-electron chi connectivity index (χ2n) is 9.28. The van der Waals surface area contributed by atoms with Gasteiger partial charge in [-0.3, -0.25) is 19.4 Å². The lowest BCUT2D eigenvalue weighted by Gasteiger charge is -2.39. The number of hydrogen-bond donors (Lipinski definition) is 1. The molecule has 0 bridgehead atoms. The van der Waals surface area contributed by atoms with Gasteiger partial charge in [0.2, 0.25) is 11.8 Å². The Hall–Kier alpha value is -1.92. The molecule has 6 heteroatoms. The van der Waals surface area contributed by atoms with Gasteiger partial charge < -0.3 is 10.2 Å². The molecule has 2 fully saturated rings. The summed E-state index contributed by atoms with van der Waals surface area (Å²) in [7, 11) is 0. The van der Waals surface area contributed by atoms with E-state index in [-0.39, 0.29) is 17.7 Å². The fourth-order valence-electron chi connectivity index (χ4n) is 4.60. The van der Waals surface area contributed by atoms with E-state index in [9.17, 15) is 9.59 Å².